The number of nitrogens with zero attached hydrogens (tertiary/aromatic N) is 1. The van der Waals surface area contributed by atoms with Crippen molar-refractivity contribution in [2.75, 3.05) is 0 Å². The van der Waals surface area contributed by atoms with E-state index < -0.39 is 6.10 Å². The van der Waals surface area contributed by atoms with Gasteiger partial charge in [-0.3, -0.25) is 4.79 Å². The minimum Gasteiger partial charge on any atom is -0.391 e. The molecule has 0 aliphatic heterocycles. The van der Waals surface area contributed by atoms with Crippen LogP contribution < -0.4 is 5.56 Å². The van der Waals surface area contributed by atoms with Crippen LogP contribution in [0, 0.1) is 12.3 Å². The highest BCUT2D eigenvalue weighted by Crippen LogP contribution is 2.19. The van der Waals surface area contributed by atoms with Gasteiger partial charge in [0.1, 0.15) is 0 Å². The molecular formula is C12H19NO2. The van der Waals surface area contributed by atoms with Crippen molar-refractivity contribution in [2.24, 2.45) is 5.41 Å². The molecule has 15 heavy (non-hydrogen) atoms. The van der Waals surface area contributed by atoms with E-state index in [9.17, 15) is 9.90 Å². The molecule has 0 spiro atoms. The second kappa shape index (κ2) is 4.19. The number of hydrogen-bond acceptors (Lipinski definition) is 2. The van der Waals surface area contributed by atoms with E-state index in [0.29, 0.717) is 6.54 Å². The molecule has 1 rings (SSSR count). The molecule has 84 valence electrons. The molecule has 3 nitrogen and oxygen atoms in total. The van der Waals surface area contributed by atoms with Crippen molar-refractivity contribution in [1.29, 1.82) is 0 Å². The van der Waals surface area contributed by atoms with E-state index in [1.807, 2.05) is 33.8 Å². The second-order valence-electron chi connectivity index (χ2n) is 5.08. The minimum atomic E-state index is -0.516. The molecule has 0 saturated heterocycles. The van der Waals surface area contributed by atoms with Crippen LogP contribution in [0.25, 0.3) is 0 Å². The average Bonchev–Trinajstić information content (AvgIpc) is 2.08. The van der Waals surface area contributed by atoms with Gasteiger partial charge in [0, 0.05) is 12.3 Å². The van der Waals surface area contributed by atoms with Gasteiger partial charge in [-0.2, -0.15) is 0 Å². The van der Waals surface area contributed by atoms with Gasteiger partial charge in [0.25, 0.3) is 5.56 Å². The highest BCUT2D eigenvalue weighted by atomic mass is 16.3. The third-order valence-corrected chi connectivity index (χ3v) is 2.52. The van der Waals surface area contributed by atoms with Crippen LogP contribution >= 0.6 is 0 Å². The molecular weight excluding hydrogens is 190 g/mol. The first-order valence-corrected chi connectivity index (χ1v) is 5.16. The quantitative estimate of drug-likeness (QED) is 0.803. The maximum atomic E-state index is 11.6. The Labute approximate surface area is 90.4 Å². The average molecular weight is 209 g/mol. The van der Waals surface area contributed by atoms with Gasteiger partial charge in [-0.1, -0.05) is 20.8 Å². The SMILES string of the molecule is Cc1ccn(CC(O)C(C)(C)C)c(=O)c1. The summed E-state index contributed by atoms with van der Waals surface area (Å²) in [6.07, 6.45) is 1.21. The number of aryl methyl sites for hydroxylation is 1. The zero-order valence-electron chi connectivity index (χ0n) is 9.82. The Morgan fingerprint density at radius 1 is 1.47 bits per heavy atom. The first-order valence-electron chi connectivity index (χ1n) is 5.16. The molecule has 0 aliphatic rings. The lowest BCUT2D eigenvalue weighted by Gasteiger charge is -2.26. The molecule has 1 aromatic rings. The molecule has 0 fully saturated rings. The second-order valence-corrected chi connectivity index (χ2v) is 5.08. The topological polar surface area (TPSA) is 42.2 Å². The smallest absolute Gasteiger partial charge is 0.250 e. The lowest BCUT2D eigenvalue weighted by molar-refractivity contribution is 0.0472. The van der Waals surface area contributed by atoms with E-state index in [0.717, 1.165) is 5.56 Å². The lowest BCUT2D eigenvalue weighted by Crippen LogP contribution is -2.34. The van der Waals surface area contributed by atoms with Crippen molar-refractivity contribution in [1.82, 2.24) is 4.57 Å². The zero-order valence-corrected chi connectivity index (χ0v) is 9.82. The van der Waals surface area contributed by atoms with Crippen molar-refractivity contribution < 1.29 is 5.11 Å². The molecule has 0 radical (unpaired) electrons. The van der Waals surface area contributed by atoms with Crippen molar-refractivity contribution >= 4 is 0 Å². The van der Waals surface area contributed by atoms with Crippen LogP contribution in [0.3, 0.4) is 0 Å². The van der Waals surface area contributed by atoms with E-state index in [1.54, 1.807) is 16.8 Å². The molecule has 0 saturated carbocycles. The van der Waals surface area contributed by atoms with Crippen LogP contribution in [0.4, 0.5) is 0 Å². The summed E-state index contributed by atoms with van der Waals surface area (Å²) < 4.78 is 1.54. The third-order valence-electron chi connectivity index (χ3n) is 2.52. The maximum Gasteiger partial charge on any atom is 0.250 e. The number of aliphatic hydroxyl groups is 1. The van der Waals surface area contributed by atoms with E-state index in [1.165, 1.54) is 0 Å². The number of aliphatic hydroxyl groups excluding tert-OH is 1. The van der Waals surface area contributed by atoms with E-state index in [2.05, 4.69) is 0 Å². The predicted molar refractivity (Wildman–Crippen MR) is 60.9 cm³/mol. The molecule has 3 heteroatoms. The van der Waals surface area contributed by atoms with Gasteiger partial charge in [-0.05, 0) is 24.0 Å². The number of hydrogen-bond donors (Lipinski definition) is 1. The lowest BCUT2D eigenvalue weighted by atomic mass is 9.89. The first kappa shape index (κ1) is 12.0. The zero-order chi connectivity index (χ0) is 11.6. The van der Waals surface area contributed by atoms with Crippen molar-refractivity contribution in [3.05, 3.63) is 34.2 Å². The molecule has 1 aromatic heterocycles. The Morgan fingerprint density at radius 3 is 2.53 bits per heavy atom. The van der Waals surface area contributed by atoms with Gasteiger partial charge in [0.05, 0.1) is 12.6 Å². The molecule has 1 unspecified atom stereocenters. The standard InChI is InChI=1S/C12H19NO2/c1-9-5-6-13(11(15)7-9)8-10(14)12(2,3)4/h5-7,10,14H,8H2,1-4H3. The monoisotopic (exact) mass is 209 g/mol. The fourth-order valence-corrected chi connectivity index (χ4v) is 1.22. The molecule has 1 N–H and O–H groups in total. The fraction of sp³-hybridized carbons (Fsp3) is 0.583. The molecule has 1 atom stereocenters. The fourth-order valence-electron chi connectivity index (χ4n) is 1.22. The number of rotatable bonds is 2. The minimum absolute atomic E-state index is 0.0571. The van der Waals surface area contributed by atoms with E-state index >= 15 is 0 Å². The summed E-state index contributed by atoms with van der Waals surface area (Å²) in [5, 5.41) is 9.87. The van der Waals surface area contributed by atoms with Crippen LogP contribution in [0.5, 0.6) is 0 Å². The summed E-state index contributed by atoms with van der Waals surface area (Å²) in [7, 11) is 0. The van der Waals surface area contributed by atoms with Crippen LogP contribution in [0.15, 0.2) is 23.1 Å². The Bertz CT molecular complexity index is 387. The predicted octanol–water partition coefficient (Wildman–Crippen LogP) is 1.56. The van der Waals surface area contributed by atoms with Crippen LogP contribution in [-0.4, -0.2) is 15.8 Å². The first-order chi connectivity index (χ1) is 6.80. The van der Waals surface area contributed by atoms with Gasteiger partial charge >= 0.3 is 0 Å². The van der Waals surface area contributed by atoms with Crippen molar-refractivity contribution in [2.45, 2.75) is 40.3 Å². The van der Waals surface area contributed by atoms with Gasteiger partial charge in [0.15, 0.2) is 0 Å². The van der Waals surface area contributed by atoms with Crippen molar-refractivity contribution in [3.63, 3.8) is 0 Å². The van der Waals surface area contributed by atoms with Crippen LogP contribution in [0.2, 0.25) is 0 Å². The molecule has 0 amide bonds. The highest BCUT2D eigenvalue weighted by molar-refractivity contribution is 5.08. The van der Waals surface area contributed by atoms with Crippen LogP contribution in [0.1, 0.15) is 26.3 Å². The van der Waals surface area contributed by atoms with Gasteiger partial charge in [-0.25, -0.2) is 0 Å². The molecule has 1 heterocycles. The summed E-state index contributed by atoms with van der Waals surface area (Å²) in [5.74, 6) is 0. The summed E-state index contributed by atoms with van der Waals surface area (Å²) >= 11 is 0. The Hall–Kier alpha value is -1.09. The van der Waals surface area contributed by atoms with Crippen molar-refractivity contribution in [3.8, 4) is 0 Å². The Balaban J connectivity index is 2.87. The summed E-state index contributed by atoms with van der Waals surface area (Å²) in [4.78, 5) is 11.6. The third kappa shape index (κ3) is 3.20. The van der Waals surface area contributed by atoms with E-state index in [4.69, 9.17) is 0 Å². The molecule has 0 bridgehead atoms. The van der Waals surface area contributed by atoms with Gasteiger partial charge < -0.3 is 9.67 Å². The maximum absolute atomic E-state index is 11.6. The number of aromatic nitrogens is 1. The number of pyridine rings is 1. The molecule has 0 aliphatic carbocycles. The van der Waals surface area contributed by atoms with E-state index in [-0.39, 0.29) is 11.0 Å². The largest absolute Gasteiger partial charge is 0.391 e. The molecule has 0 aromatic carbocycles. The highest BCUT2D eigenvalue weighted by Gasteiger charge is 2.22. The van der Waals surface area contributed by atoms with Gasteiger partial charge in [0.2, 0.25) is 0 Å². The van der Waals surface area contributed by atoms with Crippen LogP contribution in [-0.2, 0) is 6.54 Å². The Kier molecular flexibility index (Phi) is 3.35. The van der Waals surface area contributed by atoms with Gasteiger partial charge in [-0.15, -0.1) is 0 Å². The normalized spacial score (nSPS) is 13.9. The summed E-state index contributed by atoms with van der Waals surface area (Å²) in [6, 6.07) is 3.45. The summed E-state index contributed by atoms with van der Waals surface area (Å²) in [5.41, 5.74) is 0.685. The summed E-state index contributed by atoms with van der Waals surface area (Å²) in [6.45, 7) is 8.10. The Morgan fingerprint density at radius 2 is 2.07 bits per heavy atom.